The highest BCUT2D eigenvalue weighted by Gasteiger charge is 2.23. The minimum Gasteiger partial charge on any atom is -0.384 e. The topological polar surface area (TPSA) is 126 Å². The summed E-state index contributed by atoms with van der Waals surface area (Å²) in [5.41, 5.74) is 10.5. The maximum absolute atomic E-state index is 6.10. The van der Waals surface area contributed by atoms with Crippen LogP contribution in [-0.2, 0) is 0 Å². The van der Waals surface area contributed by atoms with Gasteiger partial charge in [0.1, 0.15) is 18.5 Å². The predicted octanol–water partition coefficient (Wildman–Crippen LogP) is 2.18. The van der Waals surface area contributed by atoms with Crippen LogP contribution in [0.15, 0.2) is 43.1 Å². The number of benzene rings is 1. The Bertz CT molecular complexity index is 1210. The van der Waals surface area contributed by atoms with Crippen molar-refractivity contribution >= 4 is 34.3 Å². The first-order valence-corrected chi connectivity index (χ1v) is 10.6. The van der Waals surface area contributed by atoms with Crippen molar-refractivity contribution < 1.29 is 0 Å². The number of nitrogens with two attached hydrogens (primary N) is 1. The lowest BCUT2D eigenvalue weighted by atomic mass is 10.2. The molecule has 0 spiro atoms. The van der Waals surface area contributed by atoms with Gasteiger partial charge in [-0.1, -0.05) is 0 Å². The first-order chi connectivity index (χ1) is 15.5. The molecule has 3 aromatic heterocycles. The molecule has 5 rings (SSSR count). The number of aromatic nitrogens is 6. The maximum atomic E-state index is 6.10. The number of likely N-dealkylation sites (N-methyl/N-ethyl adjacent to an activating group) is 1. The molecular weight excluding hydrogens is 406 g/mol. The number of imidazole rings is 1. The number of nitrogens with zero attached hydrogens (tertiary/aromatic N) is 7. The van der Waals surface area contributed by atoms with Crippen LogP contribution in [0.3, 0.4) is 0 Å². The van der Waals surface area contributed by atoms with Gasteiger partial charge in [0.05, 0.1) is 17.6 Å². The Labute approximate surface area is 185 Å². The molecule has 3 heterocycles. The maximum Gasteiger partial charge on any atom is 0.179 e. The minimum absolute atomic E-state index is 0.483. The normalized spacial score (nSPS) is 13.6. The van der Waals surface area contributed by atoms with Crippen LogP contribution >= 0.6 is 0 Å². The molecule has 32 heavy (non-hydrogen) atoms. The third kappa shape index (κ3) is 4.42. The van der Waals surface area contributed by atoms with Crippen LogP contribution < -0.4 is 21.7 Å². The summed E-state index contributed by atoms with van der Waals surface area (Å²) in [6.45, 7) is 1.75. The molecule has 0 radical (unpaired) electrons. The lowest BCUT2D eigenvalue weighted by Crippen LogP contribution is -2.20. The van der Waals surface area contributed by atoms with Crippen LogP contribution in [0.2, 0.25) is 0 Å². The molecule has 166 valence electrons. The van der Waals surface area contributed by atoms with Gasteiger partial charge in [0.25, 0.3) is 0 Å². The zero-order valence-electron chi connectivity index (χ0n) is 18.2. The van der Waals surface area contributed by atoms with Gasteiger partial charge in [0.2, 0.25) is 0 Å². The number of hydrogen-bond donors (Lipinski definition) is 4. The summed E-state index contributed by atoms with van der Waals surface area (Å²) < 4.78 is 3.53. The highest BCUT2D eigenvalue weighted by atomic mass is 15.3. The van der Waals surface area contributed by atoms with E-state index < -0.39 is 0 Å². The van der Waals surface area contributed by atoms with Gasteiger partial charge in [-0.05, 0) is 45.1 Å². The van der Waals surface area contributed by atoms with Crippen LogP contribution in [0.4, 0.5) is 28.7 Å². The summed E-state index contributed by atoms with van der Waals surface area (Å²) in [5, 5.41) is 22.9. The Hall–Kier alpha value is -3.86. The Morgan fingerprint density at radius 1 is 1.09 bits per heavy atom. The molecule has 1 aliphatic rings. The molecule has 11 nitrogen and oxygen atoms in total. The Balaban J connectivity index is 1.47. The number of fused-ring (bicyclic) bond motifs is 1. The second-order valence-electron chi connectivity index (χ2n) is 8.27. The predicted molar refractivity (Wildman–Crippen MR) is 126 cm³/mol. The van der Waals surface area contributed by atoms with Crippen LogP contribution in [-0.4, -0.2) is 67.5 Å². The molecule has 0 atom stereocenters. The van der Waals surface area contributed by atoms with E-state index in [9.17, 15) is 0 Å². The van der Waals surface area contributed by atoms with E-state index in [1.807, 2.05) is 16.7 Å². The Kier molecular flexibility index (Phi) is 5.23. The number of nitrogens with one attached hydrogen (secondary N) is 3. The summed E-state index contributed by atoms with van der Waals surface area (Å²) in [6.07, 6.45) is 7.31. The first-order valence-electron chi connectivity index (χ1n) is 10.6. The second kappa shape index (κ2) is 8.35. The summed E-state index contributed by atoms with van der Waals surface area (Å²) in [7, 11) is 4.11. The van der Waals surface area contributed by atoms with Crippen molar-refractivity contribution in [2.24, 2.45) is 0 Å². The minimum atomic E-state index is 0.483. The van der Waals surface area contributed by atoms with Gasteiger partial charge in [-0.25, -0.2) is 4.98 Å². The zero-order valence-corrected chi connectivity index (χ0v) is 18.2. The monoisotopic (exact) mass is 433 g/mol. The van der Waals surface area contributed by atoms with Crippen molar-refractivity contribution in [2.75, 3.05) is 48.9 Å². The number of hydrogen-bond acceptors (Lipinski definition) is 9. The summed E-state index contributed by atoms with van der Waals surface area (Å²) in [5.74, 6) is 1.16. The van der Waals surface area contributed by atoms with E-state index in [0.717, 1.165) is 54.3 Å². The molecule has 1 aromatic carbocycles. The van der Waals surface area contributed by atoms with Crippen molar-refractivity contribution in [3.8, 4) is 5.69 Å². The molecule has 0 aliphatic heterocycles. The highest BCUT2D eigenvalue weighted by Crippen LogP contribution is 2.30. The summed E-state index contributed by atoms with van der Waals surface area (Å²) in [6, 6.07) is 8.61. The molecular formula is C21H27N11. The zero-order chi connectivity index (χ0) is 22.1. The van der Waals surface area contributed by atoms with Gasteiger partial charge in [0.15, 0.2) is 11.5 Å². The molecule has 5 N–H and O–H groups in total. The smallest absolute Gasteiger partial charge is 0.179 e. The van der Waals surface area contributed by atoms with Gasteiger partial charge < -0.3 is 26.6 Å². The standard InChI is InChI=1S/C21H27N11/c1-30(2)6-5-23-15-7-16(9-17(8-15)31-12-25-26-13-31)28-20-10-18(27-14-3-4-14)21-24-11-19(22)32(21)29-20/h7-14,23,27H,3-6,22H2,1-2H3,(H,28,29). The third-order valence-corrected chi connectivity index (χ3v) is 5.23. The lowest BCUT2D eigenvalue weighted by molar-refractivity contribution is 0.425. The SMILES string of the molecule is CN(C)CCNc1cc(Nc2cc(NC3CC3)c3ncc(N)n3n2)cc(-n2cnnc2)c1. The molecule has 1 fully saturated rings. The lowest BCUT2D eigenvalue weighted by Gasteiger charge is -2.15. The van der Waals surface area contributed by atoms with Gasteiger partial charge >= 0.3 is 0 Å². The fourth-order valence-electron chi connectivity index (χ4n) is 3.44. The van der Waals surface area contributed by atoms with E-state index >= 15 is 0 Å². The second-order valence-corrected chi connectivity index (χ2v) is 8.27. The number of rotatable bonds is 9. The van der Waals surface area contributed by atoms with Crippen molar-refractivity contribution in [3.05, 3.63) is 43.1 Å². The van der Waals surface area contributed by atoms with E-state index in [4.69, 9.17) is 5.73 Å². The molecule has 0 amide bonds. The van der Waals surface area contributed by atoms with E-state index in [0.29, 0.717) is 17.7 Å². The van der Waals surface area contributed by atoms with Crippen molar-refractivity contribution in [2.45, 2.75) is 18.9 Å². The fraction of sp³-hybridized carbons (Fsp3) is 0.333. The van der Waals surface area contributed by atoms with Crippen LogP contribution in [0.5, 0.6) is 0 Å². The fourth-order valence-corrected chi connectivity index (χ4v) is 3.44. The molecule has 11 heteroatoms. The van der Waals surface area contributed by atoms with Crippen LogP contribution in [0, 0.1) is 0 Å². The first kappa shape index (κ1) is 20.1. The van der Waals surface area contributed by atoms with Crippen molar-refractivity contribution in [1.82, 2.24) is 34.3 Å². The van der Waals surface area contributed by atoms with E-state index in [2.05, 4.69) is 67.4 Å². The Morgan fingerprint density at radius 2 is 1.88 bits per heavy atom. The van der Waals surface area contributed by atoms with Crippen molar-refractivity contribution in [1.29, 1.82) is 0 Å². The largest absolute Gasteiger partial charge is 0.384 e. The average molecular weight is 434 g/mol. The number of nitrogen functional groups attached to an aromatic ring is 1. The Morgan fingerprint density at radius 3 is 2.62 bits per heavy atom. The molecule has 0 saturated heterocycles. The van der Waals surface area contributed by atoms with Gasteiger partial charge in [-0.2, -0.15) is 4.52 Å². The van der Waals surface area contributed by atoms with Crippen LogP contribution in [0.25, 0.3) is 11.3 Å². The quantitative estimate of drug-likeness (QED) is 0.314. The van der Waals surface area contributed by atoms with E-state index in [1.54, 1.807) is 23.4 Å². The molecule has 0 unspecified atom stereocenters. The molecule has 4 aromatic rings. The van der Waals surface area contributed by atoms with E-state index in [-0.39, 0.29) is 0 Å². The molecule has 0 bridgehead atoms. The highest BCUT2D eigenvalue weighted by molar-refractivity contribution is 5.75. The third-order valence-electron chi connectivity index (χ3n) is 5.23. The average Bonchev–Trinajstić information content (AvgIpc) is 3.25. The summed E-state index contributed by atoms with van der Waals surface area (Å²) in [4.78, 5) is 6.55. The molecule has 1 saturated carbocycles. The van der Waals surface area contributed by atoms with Gasteiger partial charge in [-0.15, -0.1) is 15.3 Å². The number of anilines is 5. The van der Waals surface area contributed by atoms with Gasteiger partial charge in [-0.3, -0.25) is 4.57 Å². The summed E-state index contributed by atoms with van der Waals surface area (Å²) >= 11 is 0. The van der Waals surface area contributed by atoms with Gasteiger partial charge in [0, 0.05) is 36.6 Å². The van der Waals surface area contributed by atoms with E-state index in [1.165, 1.54) is 0 Å². The van der Waals surface area contributed by atoms with Crippen LogP contribution in [0.1, 0.15) is 12.8 Å². The van der Waals surface area contributed by atoms with Crippen molar-refractivity contribution in [3.63, 3.8) is 0 Å². The molecule has 1 aliphatic carbocycles.